The molecule has 9 nitrogen and oxygen atoms in total. The van der Waals surface area contributed by atoms with E-state index < -0.39 is 5.91 Å². The molecule has 0 radical (unpaired) electrons. The van der Waals surface area contributed by atoms with Gasteiger partial charge in [0, 0.05) is 22.7 Å². The van der Waals surface area contributed by atoms with Crippen molar-refractivity contribution in [2.75, 3.05) is 5.32 Å². The average molecular weight is 528 g/mol. The Bertz CT molecular complexity index is 1470. The average Bonchev–Trinajstić information content (AvgIpc) is 3.40. The second kappa shape index (κ2) is 11.3. The molecule has 39 heavy (non-hydrogen) atoms. The first-order valence-electron chi connectivity index (χ1n) is 13.3. The summed E-state index contributed by atoms with van der Waals surface area (Å²) in [6.07, 6.45) is 2.42. The van der Waals surface area contributed by atoms with Crippen LogP contribution in [0.4, 0.5) is 11.6 Å². The largest absolute Gasteiger partial charge is 0.341 e. The smallest absolute Gasteiger partial charge is 0.315 e. The number of pyridine rings is 1. The van der Waals surface area contributed by atoms with Crippen molar-refractivity contribution < 1.29 is 9.32 Å². The van der Waals surface area contributed by atoms with Gasteiger partial charge in [-0.3, -0.25) is 4.79 Å². The van der Waals surface area contributed by atoms with Crippen LogP contribution in [0.2, 0.25) is 0 Å². The minimum Gasteiger partial charge on any atom is -0.341 e. The normalized spacial score (nSPS) is 12.4. The molecular weight excluding hydrogens is 490 g/mol. The Morgan fingerprint density at radius 3 is 2.36 bits per heavy atom. The van der Waals surface area contributed by atoms with Crippen LogP contribution in [0.5, 0.6) is 0 Å². The van der Waals surface area contributed by atoms with Crippen LogP contribution >= 0.6 is 0 Å². The summed E-state index contributed by atoms with van der Waals surface area (Å²) in [6, 6.07) is 11.8. The fraction of sp³-hybridized carbons (Fsp3) is 0.400. The van der Waals surface area contributed by atoms with Crippen molar-refractivity contribution in [3.8, 4) is 11.3 Å². The molecule has 0 saturated carbocycles. The predicted molar refractivity (Wildman–Crippen MR) is 152 cm³/mol. The van der Waals surface area contributed by atoms with Crippen molar-refractivity contribution in [1.29, 1.82) is 0 Å². The molecule has 0 saturated heterocycles. The maximum Gasteiger partial charge on any atom is 0.315 e. The number of anilines is 2. The van der Waals surface area contributed by atoms with E-state index in [9.17, 15) is 4.79 Å². The van der Waals surface area contributed by atoms with Crippen LogP contribution in [0, 0.1) is 6.92 Å². The molecule has 0 fully saturated rings. The SMILES string of the molecule is CCc1nc(Nc2cc(-c3ccc([C@@H](C)NC(=O)c4nc(C(C)(C)C)no4)c(C)c3)ncn2)ccc1C(C)C. The summed E-state index contributed by atoms with van der Waals surface area (Å²) in [4.78, 5) is 30.6. The third kappa shape index (κ3) is 6.47. The molecule has 1 amide bonds. The van der Waals surface area contributed by atoms with Gasteiger partial charge < -0.3 is 15.2 Å². The summed E-state index contributed by atoms with van der Waals surface area (Å²) in [6.45, 7) is 16.3. The van der Waals surface area contributed by atoms with Gasteiger partial charge in [0.1, 0.15) is 18.0 Å². The van der Waals surface area contributed by atoms with Gasteiger partial charge in [0.05, 0.1) is 11.7 Å². The van der Waals surface area contributed by atoms with E-state index in [-0.39, 0.29) is 17.3 Å². The van der Waals surface area contributed by atoms with Crippen LogP contribution in [0.1, 0.15) is 99.3 Å². The maximum absolute atomic E-state index is 12.7. The lowest BCUT2D eigenvalue weighted by atomic mass is 9.96. The summed E-state index contributed by atoms with van der Waals surface area (Å²) in [5, 5.41) is 10.2. The van der Waals surface area contributed by atoms with Crippen molar-refractivity contribution in [2.45, 2.75) is 79.2 Å². The first kappa shape index (κ1) is 27.9. The fourth-order valence-corrected chi connectivity index (χ4v) is 4.38. The number of aryl methyl sites for hydroxylation is 2. The third-order valence-electron chi connectivity index (χ3n) is 6.56. The highest BCUT2D eigenvalue weighted by molar-refractivity contribution is 5.89. The van der Waals surface area contributed by atoms with Gasteiger partial charge in [0.25, 0.3) is 0 Å². The van der Waals surface area contributed by atoms with E-state index in [2.05, 4.69) is 63.6 Å². The van der Waals surface area contributed by atoms with Crippen molar-refractivity contribution in [3.63, 3.8) is 0 Å². The molecule has 0 aliphatic rings. The lowest BCUT2D eigenvalue weighted by molar-refractivity contribution is 0.0895. The maximum atomic E-state index is 12.7. The van der Waals surface area contributed by atoms with Crippen LogP contribution in [0.3, 0.4) is 0 Å². The van der Waals surface area contributed by atoms with E-state index >= 15 is 0 Å². The van der Waals surface area contributed by atoms with Crippen LogP contribution < -0.4 is 10.6 Å². The van der Waals surface area contributed by atoms with Crippen molar-refractivity contribution in [3.05, 3.63) is 76.8 Å². The van der Waals surface area contributed by atoms with E-state index in [4.69, 9.17) is 9.51 Å². The Labute approximate surface area is 229 Å². The quantitative estimate of drug-likeness (QED) is 0.268. The van der Waals surface area contributed by atoms with Gasteiger partial charge in [-0.2, -0.15) is 4.98 Å². The number of carbonyl (C=O) groups is 1. The third-order valence-corrected chi connectivity index (χ3v) is 6.56. The number of nitrogens with zero attached hydrogens (tertiary/aromatic N) is 5. The van der Waals surface area contributed by atoms with Crippen molar-refractivity contribution >= 4 is 17.5 Å². The lowest BCUT2D eigenvalue weighted by Crippen LogP contribution is -2.27. The fourth-order valence-electron chi connectivity index (χ4n) is 4.38. The molecule has 9 heteroatoms. The Morgan fingerprint density at radius 2 is 1.72 bits per heavy atom. The zero-order valence-electron chi connectivity index (χ0n) is 24.0. The number of amides is 1. The summed E-state index contributed by atoms with van der Waals surface area (Å²) < 4.78 is 5.18. The van der Waals surface area contributed by atoms with Gasteiger partial charge in [-0.15, -0.1) is 0 Å². The molecule has 0 spiro atoms. The molecule has 0 unspecified atom stereocenters. The molecule has 0 aliphatic carbocycles. The molecule has 3 aromatic heterocycles. The number of carbonyl (C=O) groups excluding carboxylic acids is 1. The van der Waals surface area contributed by atoms with Gasteiger partial charge in [0.15, 0.2) is 5.82 Å². The molecule has 0 bridgehead atoms. The molecule has 3 heterocycles. The monoisotopic (exact) mass is 527 g/mol. The topological polar surface area (TPSA) is 119 Å². The van der Waals surface area contributed by atoms with E-state index in [0.29, 0.717) is 17.6 Å². The molecule has 1 atom stereocenters. The molecular formula is C30H37N7O2. The van der Waals surface area contributed by atoms with Crippen LogP contribution in [0.25, 0.3) is 11.3 Å². The zero-order chi connectivity index (χ0) is 28.3. The summed E-state index contributed by atoms with van der Waals surface area (Å²) in [5.74, 6) is 1.91. The first-order chi connectivity index (χ1) is 18.5. The number of nitrogens with one attached hydrogen (secondary N) is 2. The van der Waals surface area contributed by atoms with Crippen molar-refractivity contribution in [2.24, 2.45) is 0 Å². The molecule has 204 valence electrons. The Kier molecular flexibility index (Phi) is 8.09. The highest BCUT2D eigenvalue weighted by Crippen LogP contribution is 2.27. The van der Waals surface area contributed by atoms with Gasteiger partial charge in [-0.25, -0.2) is 15.0 Å². The van der Waals surface area contributed by atoms with E-state index in [1.807, 2.05) is 58.9 Å². The van der Waals surface area contributed by atoms with Crippen LogP contribution in [-0.2, 0) is 11.8 Å². The summed E-state index contributed by atoms with van der Waals surface area (Å²) in [7, 11) is 0. The number of hydrogen-bond acceptors (Lipinski definition) is 8. The van der Waals surface area contributed by atoms with Gasteiger partial charge in [-0.1, -0.05) is 64.9 Å². The van der Waals surface area contributed by atoms with E-state index in [1.54, 1.807) is 6.33 Å². The minimum absolute atomic E-state index is 0.0403. The van der Waals surface area contributed by atoms with Crippen LogP contribution in [-0.4, -0.2) is 31.0 Å². The number of hydrogen-bond donors (Lipinski definition) is 2. The van der Waals surface area contributed by atoms with Gasteiger partial charge >= 0.3 is 11.8 Å². The highest BCUT2D eigenvalue weighted by atomic mass is 16.5. The predicted octanol–water partition coefficient (Wildman–Crippen LogP) is 6.45. The Balaban J connectivity index is 1.48. The Morgan fingerprint density at radius 1 is 0.974 bits per heavy atom. The van der Waals surface area contributed by atoms with E-state index in [0.717, 1.165) is 40.3 Å². The summed E-state index contributed by atoms with van der Waals surface area (Å²) >= 11 is 0. The molecule has 0 aliphatic heterocycles. The van der Waals surface area contributed by atoms with Crippen molar-refractivity contribution in [1.82, 2.24) is 30.4 Å². The van der Waals surface area contributed by atoms with Crippen LogP contribution in [0.15, 0.2) is 47.2 Å². The molecule has 4 rings (SSSR count). The highest BCUT2D eigenvalue weighted by Gasteiger charge is 2.25. The number of benzene rings is 1. The minimum atomic E-state index is -0.401. The zero-order valence-corrected chi connectivity index (χ0v) is 24.0. The van der Waals surface area contributed by atoms with Gasteiger partial charge in [0.2, 0.25) is 0 Å². The second-order valence-electron chi connectivity index (χ2n) is 11.1. The molecule has 1 aromatic carbocycles. The molecule has 2 N–H and O–H groups in total. The lowest BCUT2D eigenvalue weighted by Gasteiger charge is -2.17. The summed E-state index contributed by atoms with van der Waals surface area (Å²) in [5.41, 5.74) is 5.79. The first-order valence-corrected chi connectivity index (χ1v) is 13.3. The van der Waals surface area contributed by atoms with Gasteiger partial charge in [-0.05, 0) is 55.0 Å². The number of rotatable bonds is 8. The Hall–Kier alpha value is -4.14. The second-order valence-corrected chi connectivity index (χ2v) is 11.1. The molecule has 4 aromatic rings. The standard InChI is InChI=1S/C30H37N7O2/c1-9-23-21(17(2)3)12-13-25(34-23)35-26-15-24(31-16-32-26)20-10-11-22(18(4)14-20)19(5)33-27(38)28-36-29(37-39-28)30(6,7)8/h10-17,19H,9H2,1-8H3,(H,33,38)(H,31,32,34,35)/t19-/m1/s1. The number of aromatic nitrogens is 5. The van der Waals surface area contributed by atoms with E-state index in [1.165, 1.54) is 5.56 Å².